The lowest BCUT2D eigenvalue weighted by Crippen LogP contribution is -2.00. The highest BCUT2D eigenvalue weighted by Gasteiger charge is 2.16. The Bertz CT molecular complexity index is 1520. The number of benzene rings is 4. The zero-order valence-corrected chi connectivity index (χ0v) is 18.4. The molecule has 0 aliphatic carbocycles. The zero-order chi connectivity index (χ0) is 21.5. The lowest BCUT2D eigenvalue weighted by atomic mass is 10.1. The molecule has 0 spiro atoms. The number of hydrogen-bond acceptors (Lipinski definition) is 4. The van der Waals surface area contributed by atoms with Crippen LogP contribution in [0.2, 0.25) is 5.02 Å². The summed E-state index contributed by atoms with van der Waals surface area (Å²) >= 11 is 7.97. The maximum atomic E-state index is 6.25. The predicted molar refractivity (Wildman–Crippen MR) is 134 cm³/mol. The molecule has 32 heavy (non-hydrogen) atoms. The van der Waals surface area contributed by atoms with E-state index in [4.69, 9.17) is 26.6 Å². The lowest BCUT2D eigenvalue weighted by molar-refractivity contribution is 1.08. The molecule has 4 aromatic carbocycles. The summed E-state index contributed by atoms with van der Waals surface area (Å²) < 4.78 is 2.30. The fourth-order valence-electron chi connectivity index (χ4n) is 3.88. The lowest BCUT2D eigenvalue weighted by Gasteiger charge is -2.09. The molecule has 5 heteroatoms. The molecule has 2 aromatic heterocycles. The third-order valence-electron chi connectivity index (χ3n) is 5.40. The van der Waals surface area contributed by atoms with Crippen molar-refractivity contribution in [1.29, 1.82) is 0 Å². The summed E-state index contributed by atoms with van der Waals surface area (Å²) in [4.78, 5) is 14.6. The molecule has 0 aliphatic rings. The van der Waals surface area contributed by atoms with Gasteiger partial charge in [-0.1, -0.05) is 90.5 Å². The molecule has 2 heterocycles. The Hall–Kier alpha value is -3.60. The molecule has 0 unspecified atom stereocenters. The topological polar surface area (TPSA) is 38.7 Å². The molecule has 0 radical (unpaired) electrons. The second-order valence-corrected chi connectivity index (χ2v) is 8.95. The van der Waals surface area contributed by atoms with Crippen LogP contribution < -0.4 is 0 Å². The summed E-state index contributed by atoms with van der Waals surface area (Å²) in [6.07, 6.45) is 0. The first-order valence-electron chi connectivity index (χ1n) is 10.2. The molecule has 0 aliphatic heterocycles. The number of nitrogens with zero attached hydrogens (tertiary/aromatic N) is 3. The van der Waals surface area contributed by atoms with Crippen LogP contribution in [-0.2, 0) is 0 Å². The van der Waals surface area contributed by atoms with E-state index in [9.17, 15) is 0 Å². The van der Waals surface area contributed by atoms with Crippen molar-refractivity contribution in [1.82, 2.24) is 15.0 Å². The fraction of sp³-hybridized carbons (Fsp3) is 0. The van der Waals surface area contributed by atoms with Crippen molar-refractivity contribution < 1.29 is 0 Å². The van der Waals surface area contributed by atoms with Crippen LogP contribution in [-0.4, -0.2) is 15.0 Å². The molecule has 6 aromatic rings. The van der Waals surface area contributed by atoms with E-state index in [1.54, 1.807) is 11.3 Å². The maximum Gasteiger partial charge on any atom is 0.165 e. The van der Waals surface area contributed by atoms with Crippen molar-refractivity contribution in [2.24, 2.45) is 0 Å². The van der Waals surface area contributed by atoms with Gasteiger partial charge in [-0.2, -0.15) is 0 Å². The Balaban J connectivity index is 1.63. The molecule has 0 fully saturated rings. The van der Waals surface area contributed by atoms with Gasteiger partial charge in [-0.3, -0.25) is 0 Å². The third-order valence-corrected chi connectivity index (χ3v) is 6.84. The second kappa shape index (κ2) is 7.83. The van der Waals surface area contributed by atoms with Gasteiger partial charge >= 0.3 is 0 Å². The standard InChI is InChI=1S/C27H16ClN3S/c28-19-14-15-20-21-12-7-13-22(24(21)32-23(20)16-19)27-30-25(17-8-3-1-4-9-17)29-26(31-27)18-10-5-2-6-11-18/h1-16H. The van der Waals surface area contributed by atoms with E-state index >= 15 is 0 Å². The number of aromatic nitrogens is 3. The van der Waals surface area contributed by atoms with E-state index in [1.165, 1.54) is 10.8 Å². The van der Waals surface area contributed by atoms with Gasteiger partial charge < -0.3 is 0 Å². The average Bonchev–Trinajstić information content (AvgIpc) is 3.22. The molecule has 0 saturated carbocycles. The monoisotopic (exact) mass is 449 g/mol. The van der Waals surface area contributed by atoms with E-state index in [1.807, 2.05) is 72.8 Å². The van der Waals surface area contributed by atoms with Gasteiger partial charge in [0.15, 0.2) is 17.5 Å². The SMILES string of the molecule is Clc1ccc2c(c1)sc1c(-c3nc(-c4ccccc4)nc(-c4ccccc4)n3)cccc12. The highest BCUT2D eigenvalue weighted by Crippen LogP contribution is 2.40. The first kappa shape index (κ1) is 19.1. The summed E-state index contributed by atoms with van der Waals surface area (Å²) in [5.41, 5.74) is 2.92. The van der Waals surface area contributed by atoms with Gasteiger partial charge in [0.2, 0.25) is 0 Å². The van der Waals surface area contributed by atoms with Crippen molar-refractivity contribution in [2.45, 2.75) is 0 Å². The van der Waals surface area contributed by atoms with E-state index in [0.29, 0.717) is 17.5 Å². The van der Waals surface area contributed by atoms with Crippen molar-refractivity contribution in [2.75, 3.05) is 0 Å². The van der Waals surface area contributed by atoms with Crippen molar-refractivity contribution >= 4 is 43.1 Å². The molecular weight excluding hydrogens is 434 g/mol. The molecule has 152 valence electrons. The number of thiophene rings is 1. The van der Waals surface area contributed by atoms with Gasteiger partial charge in [-0.05, 0) is 18.2 Å². The Morgan fingerprint density at radius 1 is 0.562 bits per heavy atom. The Labute approximate surface area is 194 Å². The van der Waals surface area contributed by atoms with Crippen molar-refractivity contribution in [3.63, 3.8) is 0 Å². The van der Waals surface area contributed by atoms with Crippen LogP contribution >= 0.6 is 22.9 Å². The van der Waals surface area contributed by atoms with Gasteiger partial charge in [-0.15, -0.1) is 11.3 Å². The van der Waals surface area contributed by atoms with E-state index in [0.717, 1.165) is 31.1 Å². The van der Waals surface area contributed by atoms with Gasteiger partial charge in [-0.25, -0.2) is 15.0 Å². The van der Waals surface area contributed by atoms with Crippen molar-refractivity contribution in [3.8, 4) is 34.2 Å². The Kier molecular flexibility index (Phi) is 4.67. The fourth-order valence-corrected chi connectivity index (χ4v) is 5.37. The van der Waals surface area contributed by atoms with Crippen LogP contribution in [0.5, 0.6) is 0 Å². The van der Waals surface area contributed by atoms with E-state index < -0.39 is 0 Å². The smallest absolute Gasteiger partial charge is 0.165 e. The minimum Gasteiger partial charge on any atom is -0.208 e. The molecule has 0 amide bonds. The van der Waals surface area contributed by atoms with Crippen LogP contribution in [0, 0.1) is 0 Å². The molecule has 0 atom stereocenters. The predicted octanol–water partition coefficient (Wildman–Crippen LogP) is 7.89. The third kappa shape index (κ3) is 3.34. The quantitative estimate of drug-likeness (QED) is 0.275. The van der Waals surface area contributed by atoms with Gasteiger partial charge in [0, 0.05) is 41.9 Å². The zero-order valence-electron chi connectivity index (χ0n) is 16.9. The molecule has 0 saturated heterocycles. The summed E-state index contributed by atoms with van der Waals surface area (Å²) in [6.45, 7) is 0. The molecule has 6 rings (SSSR count). The minimum atomic E-state index is 0.663. The minimum absolute atomic E-state index is 0.663. The van der Waals surface area contributed by atoms with Crippen LogP contribution in [0.15, 0.2) is 97.1 Å². The van der Waals surface area contributed by atoms with Crippen molar-refractivity contribution in [3.05, 3.63) is 102 Å². The van der Waals surface area contributed by atoms with Crippen LogP contribution in [0.1, 0.15) is 0 Å². The summed E-state index contributed by atoms with van der Waals surface area (Å²) in [5, 5.41) is 3.11. The van der Waals surface area contributed by atoms with Gasteiger partial charge in [0.25, 0.3) is 0 Å². The van der Waals surface area contributed by atoms with Gasteiger partial charge in [0.05, 0.1) is 0 Å². The summed E-state index contributed by atoms with van der Waals surface area (Å²) in [6, 6.07) is 32.4. The van der Waals surface area contributed by atoms with Crippen LogP contribution in [0.4, 0.5) is 0 Å². The van der Waals surface area contributed by atoms with E-state index in [-0.39, 0.29) is 0 Å². The second-order valence-electron chi connectivity index (χ2n) is 7.46. The summed E-state index contributed by atoms with van der Waals surface area (Å²) in [5.74, 6) is 1.99. The van der Waals surface area contributed by atoms with Crippen LogP contribution in [0.25, 0.3) is 54.3 Å². The Morgan fingerprint density at radius 2 is 1.19 bits per heavy atom. The number of halogens is 1. The molecule has 0 bridgehead atoms. The highest BCUT2D eigenvalue weighted by atomic mass is 35.5. The Morgan fingerprint density at radius 3 is 1.84 bits per heavy atom. The molecular formula is C27H16ClN3S. The number of fused-ring (bicyclic) bond motifs is 3. The van der Waals surface area contributed by atoms with Gasteiger partial charge in [0.1, 0.15) is 0 Å². The summed E-state index contributed by atoms with van der Waals surface area (Å²) in [7, 11) is 0. The largest absolute Gasteiger partial charge is 0.208 e. The maximum absolute atomic E-state index is 6.25. The first-order chi connectivity index (χ1) is 15.8. The van der Waals surface area contributed by atoms with E-state index in [2.05, 4.69) is 24.3 Å². The highest BCUT2D eigenvalue weighted by molar-refractivity contribution is 7.26. The first-order valence-corrected chi connectivity index (χ1v) is 11.4. The average molecular weight is 450 g/mol. The normalized spacial score (nSPS) is 11.3. The molecule has 3 nitrogen and oxygen atoms in total. The van der Waals surface area contributed by atoms with Crippen LogP contribution in [0.3, 0.4) is 0 Å². The number of hydrogen-bond donors (Lipinski definition) is 0. The molecule has 0 N–H and O–H groups in total. The number of rotatable bonds is 3.